The zero-order chi connectivity index (χ0) is 14.6. The Bertz CT molecular complexity index is 349. The molecule has 0 radical (unpaired) electrons. The van der Waals surface area contributed by atoms with Crippen molar-refractivity contribution in [2.24, 2.45) is 4.99 Å². The van der Waals surface area contributed by atoms with E-state index in [0.717, 1.165) is 31.7 Å². The van der Waals surface area contributed by atoms with Crippen LogP contribution >= 0.6 is 35.7 Å². The maximum Gasteiger partial charge on any atom is 0.191 e. The lowest BCUT2D eigenvalue weighted by Gasteiger charge is -2.11. The summed E-state index contributed by atoms with van der Waals surface area (Å²) in [6.07, 6.45) is 4.32. The van der Waals surface area contributed by atoms with Gasteiger partial charge in [-0.2, -0.15) is 11.8 Å². The minimum Gasteiger partial charge on any atom is -0.357 e. The van der Waals surface area contributed by atoms with E-state index < -0.39 is 9.84 Å². The van der Waals surface area contributed by atoms with Crippen molar-refractivity contribution in [2.45, 2.75) is 26.7 Å². The fourth-order valence-corrected chi connectivity index (χ4v) is 2.55. The second kappa shape index (κ2) is 14.2. The predicted octanol–water partition coefficient (Wildman–Crippen LogP) is 1.74. The van der Waals surface area contributed by atoms with Gasteiger partial charge in [0.25, 0.3) is 0 Å². The lowest BCUT2D eigenvalue weighted by Crippen LogP contribution is -2.39. The summed E-state index contributed by atoms with van der Waals surface area (Å²) in [5.74, 6) is 2.21. The highest BCUT2D eigenvalue weighted by atomic mass is 127. The largest absolute Gasteiger partial charge is 0.357 e. The summed E-state index contributed by atoms with van der Waals surface area (Å²) in [7, 11) is -2.91. The van der Waals surface area contributed by atoms with Crippen molar-refractivity contribution in [1.29, 1.82) is 0 Å². The summed E-state index contributed by atoms with van der Waals surface area (Å²) in [4.78, 5) is 4.42. The number of unbranched alkanes of at least 4 members (excludes halogenated alkanes) is 1. The number of aliphatic imine (C=N–C) groups is 1. The van der Waals surface area contributed by atoms with Crippen molar-refractivity contribution in [3.63, 3.8) is 0 Å². The number of nitrogens with one attached hydrogen (secondary N) is 2. The Morgan fingerprint density at radius 2 is 1.90 bits per heavy atom. The van der Waals surface area contributed by atoms with E-state index in [0.29, 0.717) is 12.5 Å². The first-order valence-corrected chi connectivity index (χ1v) is 9.98. The van der Waals surface area contributed by atoms with Gasteiger partial charge >= 0.3 is 0 Å². The number of hydrogen-bond acceptors (Lipinski definition) is 4. The fourth-order valence-electron chi connectivity index (χ4n) is 1.36. The molecule has 0 aliphatic heterocycles. The Hall–Kier alpha value is 0.300. The molecule has 0 saturated heterocycles. The lowest BCUT2D eigenvalue weighted by molar-refractivity contribution is 0.595. The summed E-state index contributed by atoms with van der Waals surface area (Å²) < 4.78 is 22.7. The van der Waals surface area contributed by atoms with Crippen LogP contribution in [0.25, 0.3) is 0 Å². The van der Waals surface area contributed by atoms with Gasteiger partial charge in [0, 0.05) is 25.4 Å². The second-order valence-corrected chi connectivity index (χ2v) is 7.58. The SMILES string of the molecule is CCNC(=NCCCCSC)NCCS(=O)(=O)CC.I. The fraction of sp³-hybridized carbons (Fsp3) is 0.917. The number of nitrogens with zero attached hydrogens (tertiary/aromatic N) is 1. The van der Waals surface area contributed by atoms with Crippen LogP contribution < -0.4 is 10.6 Å². The van der Waals surface area contributed by atoms with E-state index in [2.05, 4.69) is 21.9 Å². The van der Waals surface area contributed by atoms with Crippen molar-refractivity contribution in [3.8, 4) is 0 Å². The van der Waals surface area contributed by atoms with Crippen molar-refractivity contribution < 1.29 is 8.42 Å². The summed E-state index contributed by atoms with van der Waals surface area (Å²) in [6.45, 7) is 5.62. The molecule has 0 amide bonds. The molecule has 0 atom stereocenters. The molecular formula is C12H28IN3O2S2. The van der Waals surface area contributed by atoms with E-state index in [4.69, 9.17) is 0 Å². The van der Waals surface area contributed by atoms with Gasteiger partial charge in [-0.3, -0.25) is 4.99 Å². The topological polar surface area (TPSA) is 70.6 Å². The molecule has 0 aromatic rings. The normalized spacial score (nSPS) is 11.8. The van der Waals surface area contributed by atoms with Crippen LogP contribution in [0, 0.1) is 0 Å². The Morgan fingerprint density at radius 1 is 1.20 bits per heavy atom. The van der Waals surface area contributed by atoms with Crippen LogP contribution in [0.3, 0.4) is 0 Å². The molecule has 122 valence electrons. The van der Waals surface area contributed by atoms with E-state index in [1.807, 2.05) is 18.7 Å². The Balaban J connectivity index is 0. The summed E-state index contributed by atoms with van der Waals surface area (Å²) in [5.41, 5.74) is 0. The molecule has 0 aromatic carbocycles. The highest BCUT2D eigenvalue weighted by Crippen LogP contribution is 1.98. The zero-order valence-corrected chi connectivity index (χ0v) is 16.6. The zero-order valence-electron chi connectivity index (χ0n) is 12.6. The van der Waals surface area contributed by atoms with Crippen LogP contribution in [0.4, 0.5) is 0 Å². The molecule has 8 heteroatoms. The minimum absolute atomic E-state index is 0. The minimum atomic E-state index is -2.91. The monoisotopic (exact) mass is 437 g/mol. The molecule has 5 nitrogen and oxygen atoms in total. The van der Waals surface area contributed by atoms with E-state index in [9.17, 15) is 8.42 Å². The molecule has 0 fully saturated rings. The molecule has 0 spiro atoms. The van der Waals surface area contributed by atoms with Gasteiger partial charge in [0.1, 0.15) is 0 Å². The van der Waals surface area contributed by atoms with Gasteiger partial charge in [-0.25, -0.2) is 8.42 Å². The Kier molecular flexibility index (Phi) is 16.1. The maximum absolute atomic E-state index is 11.4. The van der Waals surface area contributed by atoms with Gasteiger partial charge in [0.2, 0.25) is 0 Å². The number of hydrogen-bond donors (Lipinski definition) is 2. The number of guanidine groups is 1. The van der Waals surface area contributed by atoms with E-state index in [-0.39, 0.29) is 35.5 Å². The number of sulfone groups is 1. The quantitative estimate of drug-likeness (QED) is 0.236. The standard InChI is InChI=1S/C12H27N3O2S2.HI/c1-4-13-12(14-8-6-7-10-18-3)15-9-11-19(16,17)5-2;/h4-11H2,1-3H3,(H2,13,14,15);1H. The van der Waals surface area contributed by atoms with E-state index >= 15 is 0 Å². The molecule has 20 heavy (non-hydrogen) atoms. The highest BCUT2D eigenvalue weighted by molar-refractivity contribution is 14.0. The third-order valence-corrected chi connectivity index (χ3v) is 4.92. The summed E-state index contributed by atoms with van der Waals surface area (Å²) >= 11 is 1.84. The van der Waals surface area contributed by atoms with Gasteiger partial charge in [-0.1, -0.05) is 6.92 Å². The average Bonchev–Trinajstić information content (AvgIpc) is 2.38. The first-order chi connectivity index (χ1) is 9.05. The van der Waals surface area contributed by atoms with Crippen molar-refractivity contribution in [2.75, 3.05) is 43.1 Å². The van der Waals surface area contributed by atoms with Crippen molar-refractivity contribution in [1.82, 2.24) is 10.6 Å². The van der Waals surface area contributed by atoms with Gasteiger partial charge in [0.05, 0.1) is 5.75 Å². The van der Waals surface area contributed by atoms with Gasteiger partial charge in [-0.15, -0.1) is 24.0 Å². The molecular weight excluding hydrogens is 409 g/mol. The molecule has 0 heterocycles. The Labute approximate surface area is 145 Å². The van der Waals surface area contributed by atoms with E-state index in [1.54, 1.807) is 6.92 Å². The second-order valence-electron chi connectivity index (χ2n) is 4.12. The number of halogens is 1. The smallest absolute Gasteiger partial charge is 0.191 e. The molecule has 0 unspecified atom stereocenters. The van der Waals surface area contributed by atoms with E-state index in [1.165, 1.54) is 0 Å². The molecule has 0 aliphatic carbocycles. The highest BCUT2D eigenvalue weighted by Gasteiger charge is 2.07. The molecule has 2 N–H and O–H groups in total. The first-order valence-electron chi connectivity index (χ1n) is 6.77. The molecule has 0 rings (SSSR count). The summed E-state index contributed by atoms with van der Waals surface area (Å²) in [6, 6.07) is 0. The molecule has 0 saturated carbocycles. The van der Waals surface area contributed by atoms with Crippen LogP contribution in [0.2, 0.25) is 0 Å². The molecule has 0 aliphatic rings. The van der Waals surface area contributed by atoms with Gasteiger partial charge < -0.3 is 10.6 Å². The molecule has 0 bridgehead atoms. The third kappa shape index (κ3) is 13.3. The number of thioether (sulfide) groups is 1. The van der Waals surface area contributed by atoms with Crippen LogP contribution in [0.1, 0.15) is 26.7 Å². The van der Waals surface area contributed by atoms with Crippen molar-refractivity contribution in [3.05, 3.63) is 0 Å². The maximum atomic E-state index is 11.4. The average molecular weight is 437 g/mol. The number of rotatable bonds is 10. The van der Waals surface area contributed by atoms with Crippen LogP contribution in [0.5, 0.6) is 0 Å². The lowest BCUT2D eigenvalue weighted by atomic mass is 10.3. The van der Waals surface area contributed by atoms with Crippen molar-refractivity contribution >= 4 is 51.5 Å². The summed E-state index contributed by atoms with van der Waals surface area (Å²) in [5, 5.41) is 6.17. The Morgan fingerprint density at radius 3 is 2.45 bits per heavy atom. The van der Waals surface area contributed by atoms with Gasteiger partial charge in [0.15, 0.2) is 15.8 Å². The van der Waals surface area contributed by atoms with Crippen LogP contribution in [-0.2, 0) is 9.84 Å². The van der Waals surface area contributed by atoms with Gasteiger partial charge in [-0.05, 0) is 31.8 Å². The van der Waals surface area contributed by atoms with Crippen LogP contribution in [-0.4, -0.2) is 57.5 Å². The predicted molar refractivity (Wildman–Crippen MR) is 101 cm³/mol. The third-order valence-electron chi connectivity index (χ3n) is 2.52. The molecule has 0 aromatic heterocycles. The first kappa shape index (κ1) is 22.6. The van der Waals surface area contributed by atoms with Crippen LogP contribution in [0.15, 0.2) is 4.99 Å².